The summed E-state index contributed by atoms with van der Waals surface area (Å²) in [7, 11) is -3.11. The van der Waals surface area contributed by atoms with Gasteiger partial charge in [-0.15, -0.1) is 0 Å². The lowest BCUT2D eigenvalue weighted by atomic mass is 10.1. The van der Waals surface area contributed by atoms with Crippen LogP contribution in [0.25, 0.3) is 68.3 Å². The molecule has 0 bridgehead atoms. The number of hydrogen-bond acceptors (Lipinski definition) is 8. The fraction of sp³-hybridized carbons (Fsp3) is 0. The van der Waals surface area contributed by atoms with Crippen molar-refractivity contribution in [3.05, 3.63) is 206 Å². The zero-order chi connectivity index (χ0) is 41.7. The number of fused-ring (bicyclic) bond motifs is 8. The fourth-order valence-electron chi connectivity index (χ4n) is 8.83. The van der Waals surface area contributed by atoms with Crippen molar-refractivity contribution < 1.29 is 9.47 Å². The number of para-hydroxylation sites is 2. The molecule has 9 heteroatoms. The molecule has 0 N–H and O–H groups in total. The smallest absolute Gasteiger partial charge is 0.196 e. The molecule has 296 valence electrons. The molecule has 12 rings (SSSR count). The predicted octanol–water partition coefficient (Wildman–Crippen LogP) is 9.65. The summed E-state index contributed by atoms with van der Waals surface area (Å²) in [6, 6.07) is 69.8. The van der Waals surface area contributed by atoms with E-state index in [2.05, 4.69) is 72.8 Å². The van der Waals surface area contributed by atoms with Gasteiger partial charge in [0.2, 0.25) is 0 Å². The summed E-state index contributed by atoms with van der Waals surface area (Å²) in [6.45, 7) is 0. The van der Waals surface area contributed by atoms with E-state index in [1.807, 2.05) is 133 Å². The van der Waals surface area contributed by atoms with E-state index in [0.29, 0.717) is 34.9 Å². The third-order valence-electron chi connectivity index (χ3n) is 11.7. The maximum atomic E-state index is 6.93. The van der Waals surface area contributed by atoms with Gasteiger partial charge < -0.3 is 9.47 Å². The Balaban J connectivity index is 1.05. The van der Waals surface area contributed by atoms with E-state index in [0.717, 1.165) is 77.1 Å². The van der Waals surface area contributed by atoms with E-state index in [9.17, 15) is 0 Å². The van der Waals surface area contributed by atoms with Crippen LogP contribution < -0.4 is 30.2 Å². The number of rotatable bonds is 6. The highest BCUT2D eigenvalue weighted by molar-refractivity contribution is 7.21. The normalized spacial score (nSPS) is 12.8. The highest BCUT2D eigenvalue weighted by Gasteiger charge is 2.53. The lowest BCUT2D eigenvalue weighted by Gasteiger charge is -2.43. The van der Waals surface area contributed by atoms with Crippen LogP contribution >= 0.6 is 0 Å². The van der Waals surface area contributed by atoms with E-state index in [4.69, 9.17) is 39.4 Å². The van der Waals surface area contributed by atoms with Crippen LogP contribution in [0, 0.1) is 0 Å². The lowest BCUT2D eigenvalue weighted by Crippen LogP contribution is -2.77. The Labute approximate surface area is 364 Å². The van der Waals surface area contributed by atoms with Crippen LogP contribution in [0.5, 0.6) is 23.0 Å². The number of nitrogens with zero attached hydrogens (tertiary/aromatic N) is 6. The fourth-order valence-corrected chi connectivity index (χ4v) is 13.9. The third-order valence-corrected chi connectivity index (χ3v) is 16.6. The van der Waals surface area contributed by atoms with Gasteiger partial charge in [-0.2, -0.15) is 0 Å². The third kappa shape index (κ3) is 6.21. The van der Waals surface area contributed by atoms with Gasteiger partial charge in [-0.3, -0.25) is 0 Å². The summed E-state index contributed by atoms with van der Waals surface area (Å²) < 4.78 is 13.9. The van der Waals surface area contributed by atoms with Gasteiger partial charge in [-0.1, -0.05) is 182 Å². The van der Waals surface area contributed by atoms with Gasteiger partial charge in [-0.05, 0) is 45.0 Å². The molecular formula is C54H34N6O2Si. The molecule has 0 amide bonds. The maximum absolute atomic E-state index is 6.93. The monoisotopic (exact) mass is 826 g/mol. The summed E-state index contributed by atoms with van der Waals surface area (Å²) in [5.41, 5.74) is 5.28. The predicted molar refractivity (Wildman–Crippen MR) is 250 cm³/mol. The first-order valence-corrected chi connectivity index (χ1v) is 22.8. The van der Waals surface area contributed by atoms with Crippen LogP contribution in [0.15, 0.2) is 206 Å². The van der Waals surface area contributed by atoms with Crippen molar-refractivity contribution in [1.29, 1.82) is 0 Å². The zero-order valence-corrected chi connectivity index (χ0v) is 34.6. The lowest BCUT2D eigenvalue weighted by molar-refractivity contribution is 0.482. The molecule has 0 radical (unpaired) electrons. The molecule has 0 atom stereocenters. The maximum Gasteiger partial charge on any atom is 0.196 e. The minimum absolute atomic E-state index is 0.559. The largest absolute Gasteiger partial charge is 0.458 e. The molecule has 63 heavy (non-hydrogen) atoms. The van der Waals surface area contributed by atoms with Crippen LogP contribution in [0.1, 0.15) is 0 Å². The summed E-state index contributed by atoms with van der Waals surface area (Å²) in [5.74, 6) is 6.64. The quantitative estimate of drug-likeness (QED) is 0.153. The van der Waals surface area contributed by atoms with Crippen LogP contribution in [0.4, 0.5) is 0 Å². The van der Waals surface area contributed by atoms with Crippen LogP contribution in [0.3, 0.4) is 0 Å². The average Bonchev–Trinajstić information content (AvgIpc) is 3.36. The summed E-state index contributed by atoms with van der Waals surface area (Å²) in [5, 5.41) is 4.50. The van der Waals surface area contributed by atoms with Crippen molar-refractivity contribution in [3.63, 3.8) is 0 Å². The molecule has 1 spiro atoms. The molecule has 10 aromatic rings. The van der Waals surface area contributed by atoms with Gasteiger partial charge >= 0.3 is 0 Å². The Morgan fingerprint density at radius 2 is 0.508 bits per heavy atom. The Morgan fingerprint density at radius 3 is 0.841 bits per heavy atom. The Morgan fingerprint density at radius 1 is 0.238 bits per heavy atom. The summed E-state index contributed by atoms with van der Waals surface area (Å²) >= 11 is 0. The average molecular weight is 827 g/mol. The first kappa shape index (κ1) is 36.4. The molecule has 8 aromatic carbocycles. The van der Waals surface area contributed by atoms with Gasteiger partial charge in [0.05, 0.1) is 0 Å². The summed E-state index contributed by atoms with van der Waals surface area (Å²) in [4.78, 5) is 30.1. The van der Waals surface area contributed by atoms with Crippen LogP contribution in [-0.4, -0.2) is 38.0 Å². The van der Waals surface area contributed by atoms with Crippen molar-refractivity contribution in [2.24, 2.45) is 0 Å². The number of benzene rings is 8. The molecular weight excluding hydrogens is 793 g/mol. The Kier molecular flexibility index (Phi) is 8.65. The van der Waals surface area contributed by atoms with Crippen molar-refractivity contribution in [1.82, 2.24) is 29.9 Å². The van der Waals surface area contributed by atoms with Crippen molar-refractivity contribution >= 4 is 28.8 Å². The van der Waals surface area contributed by atoms with Crippen LogP contribution in [-0.2, 0) is 0 Å². The molecule has 2 aliphatic heterocycles. The molecule has 4 heterocycles. The molecule has 0 unspecified atom stereocenters. The second-order valence-electron chi connectivity index (χ2n) is 15.4. The molecule has 0 saturated heterocycles. The molecule has 0 aliphatic carbocycles. The van der Waals surface area contributed by atoms with Gasteiger partial charge in [0.15, 0.2) is 43.0 Å². The standard InChI is InChI=1S/C54H34N6O2Si/c1-5-17-35(18-6-1)49-55-50(36-19-7-2-8-20-36)58-53(57-49)39-29-31-47-43(33-39)61-41-25-13-15-27-45(41)63(47)46-28-16-14-26-42(46)62-44-34-40(30-32-48(44)63)54-59-51(37-21-9-3-10-22-37)56-52(60-54)38-23-11-4-12-24-38/h1-34H. The van der Waals surface area contributed by atoms with Crippen molar-refractivity contribution in [3.8, 4) is 91.3 Å². The topological polar surface area (TPSA) is 95.8 Å². The van der Waals surface area contributed by atoms with Gasteiger partial charge in [0.25, 0.3) is 0 Å². The van der Waals surface area contributed by atoms with Crippen LogP contribution in [0.2, 0.25) is 0 Å². The van der Waals surface area contributed by atoms with E-state index in [1.54, 1.807) is 0 Å². The number of aromatic nitrogens is 6. The van der Waals surface area contributed by atoms with E-state index >= 15 is 0 Å². The minimum atomic E-state index is -3.11. The summed E-state index contributed by atoms with van der Waals surface area (Å²) in [6.07, 6.45) is 0. The molecule has 8 nitrogen and oxygen atoms in total. The minimum Gasteiger partial charge on any atom is -0.458 e. The van der Waals surface area contributed by atoms with E-state index < -0.39 is 8.07 Å². The van der Waals surface area contributed by atoms with Crippen molar-refractivity contribution in [2.45, 2.75) is 0 Å². The Hall–Kier alpha value is -8.40. The Bertz CT molecular complexity index is 3010. The molecule has 0 fully saturated rings. The first-order valence-electron chi connectivity index (χ1n) is 20.8. The zero-order valence-electron chi connectivity index (χ0n) is 33.6. The first-order chi connectivity index (χ1) is 31.2. The van der Waals surface area contributed by atoms with Gasteiger partial charge in [0, 0.05) is 33.4 Å². The van der Waals surface area contributed by atoms with Gasteiger partial charge in [-0.25, -0.2) is 29.9 Å². The van der Waals surface area contributed by atoms with E-state index in [1.165, 1.54) is 0 Å². The number of ether oxygens (including phenoxy) is 2. The highest BCUT2D eigenvalue weighted by atomic mass is 28.3. The SMILES string of the molecule is c1ccc(-c2nc(-c3ccccc3)nc(-c3ccc4c(c3)Oc3ccccc3[Si]43c4ccccc4Oc4cc(-c5nc(-c6ccccc6)nc(-c6ccccc6)n5)ccc43)n2)cc1. The van der Waals surface area contributed by atoms with E-state index in [-0.39, 0.29) is 0 Å². The molecule has 2 aromatic heterocycles. The molecule has 2 aliphatic rings. The second kappa shape index (κ2) is 14.9. The highest BCUT2D eigenvalue weighted by Crippen LogP contribution is 2.39. The van der Waals surface area contributed by atoms with Crippen molar-refractivity contribution in [2.75, 3.05) is 0 Å². The molecule has 0 saturated carbocycles. The second-order valence-corrected chi connectivity index (χ2v) is 19.1. The number of hydrogen-bond donors (Lipinski definition) is 0. The van der Waals surface area contributed by atoms with Gasteiger partial charge in [0.1, 0.15) is 23.0 Å².